The first-order valence-corrected chi connectivity index (χ1v) is 12.0. The molecule has 1 rings (SSSR count). The van der Waals surface area contributed by atoms with E-state index < -0.39 is 25.4 Å². The summed E-state index contributed by atoms with van der Waals surface area (Å²) in [7, 11) is -3.93. The lowest BCUT2D eigenvalue weighted by Crippen LogP contribution is -2.47. The highest BCUT2D eigenvalue weighted by molar-refractivity contribution is 14.0. The van der Waals surface area contributed by atoms with Crippen molar-refractivity contribution < 1.29 is 12.6 Å². The van der Waals surface area contributed by atoms with Gasteiger partial charge in [0.2, 0.25) is 0 Å². The number of rotatable bonds is 7. The first kappa shape index (κ1) is 25.1. The van der Waals surface area contributed by atoms with Crippen LogP contribution in [0, 0.1) is 0 Å². The van der Waals surface area contributed by atoms with E-state index in [9.17, 15) is 12.6 Å². The molecule has 3 atom stereocenters. The maximum atomic E-state index is 12.1. The smallest absolute Gasteiger partial charge is 0.191 e. The summed E-state index contributed by atoms with van der Waals surface area (Å²) in [4.78, 5) is 4.48. The Morgan fingerprint density at radius 3 is 2.44 bits per heavy atom. The number of hydrogen-bond acceptors (Lipinski definition) is 4. The highest BCUT2D eigenvalue weighted by Crippen LogP contribution is 2.23. The molecule has 150 valence electrons. The van der Waals surface area contributed by atoms with Gasteiger partial charge in [-0.25, -0.2) is 8.42 Å². The first-order chi connectivity index (χ1) is 11.1. The second-order valence-electron chi connectivity index (χ2n) is 7.03. The molecule has 0 aromatic heterocycles. The van der Waals surface area contributed by atoms with Crippen LogP contribution in [-0.2, 0) is 20.6 Å². The van der Waals surface area contributed by atoms with E-state index in [0.717, 1.165) is 25.7 Å². The molecule has 0 radical (unpaired) electrons. The topological polar surface area (TPSA) is 87.6 Å². The molecule has 0 spiro atoms. The maximum absolute atomic E-state index is 12.1. The molecule has 1 aliphatic rings. The van der Waals surface area contributed by atoms with Crippen molar-refractivity contribution >= 4 is 50.6 Å². The van der Waals surface area contributed by atoms with Crippen molar-refractivity contribution in [3.63, 3.8) is 0 Å². The molecule has 1 aliphatic carbocycles. The van der Waals surface area contributed by atoms with Gasteiger partial charge in [0.05, 0.1) is 11.3 Å². The molecule has 2 N–H and O–H groups in total. The van der Waals surface area contributed by atoms with Crippen molar-refractivity contribution in [2.24, 2.45) is 4.99 Å². The van der Waals surface area contributed by atoms with Crippen LogP contribution in [0.15, 0.2) is 4.99 Å². The quantitative estimate of drug-likeness (QED) is 0.313. The molecule has 6 nitrogen and oxygen atoms in total. The van der Waals surface area contributed by atoms with E-state index in [1.54, 1.807) is 13.8 Å². The third-order valence-corrected chi connectivity index (χ3v) is 8.47. The van der Waals surface area contributed by atoms with Gasteiger partial charge in [-0.15, -0.1) is 24.0 Å². The zero-order chi connectivity index (χ0) is 18.4. The van der Waals surface area contributed by atoms with Crippen molar-refractivity contribution in [3.8, 4) is 0 Å². The summed E-state index contributed by atoms with van der Waals surface area (Å²) in [5.74, 6) is 1.34. The minimum absolute atomic E-state index is 0. The first-order valence-electron chi connectivity index (χ1n) is 8.72. The minimum atomic E-state index is -3.17. The van der Waals surface area contributed by atoms with Gasteiger partial charge in [0.15, 0.2) is 15.8 Å². The summed E-state index contributed by atoms with van der Waals surface area (Å²) in [6, 6.07) is 0.235. The Bertz CT molecular complexity index is 565. The molecule has 1 saturated carbocycles. The van der Waals surface area contributed by atoms with Crippen LogP contribution in [0.1, 0.15) is 53.4 Å². The Hall–Kier alpha value is 0.1000. The summed E-state index contributed by atoms with van der Waals surface area (Å²) in [5, 5.41) is 6.83. The third kappa shape index (κ3) is 8.11. The molecule has 0 aromatic carbocycles. The number of nitrogens with one attached hydrogen (secondary N) is 2. The van der Waals surface area contributed by atoms with Crippen molar-refractivity contribution in [3.05, 3.63) is 0 Å². The fourth-order valence-electron chi connectivity index (χ4n) is 2.65. The molecule has 25 heavy (non-hydrogen) atoms. The maximum Gasteiger partial charge on any atom is 0.191 e. The van der Waals surface area contributed by atoms with E-state index in [1.165, 1.54) is 6.26 Å². The van der Waals surface area contributed by atoms with Gasteiger partial charge >= 0.3 is 0 Å². The van der Waals surface area contributed by atoms with Crippen LogP contribution in [0.4, 0.5) is 0 Å². The van der Waals surface area contributed by atoms with Gasteiger partial charge in [-0.3, -0.25) is 9.20 Å². The van der Waals surface area contributed by atoms with Gasteiger partial charge in [0.1, 0.15) is 0 Å². The number of halogens is 1. The normalized spacial score (nSPS) is 23.5. The fourth-order valence-corrected chi connectivity index (χ4v) is 4.30. The second-order valence-corrected chi connectivity index (χ2v) is 11.7. The monoisotopic (exact) mass is 507 g/mol. The van der Waals surface area contributed by atoms with E-state index in [1.807, 2.05) is 13.8 Å². The van der Waals surface area contributed by atoms with Gasteiger partial charge in [-0.1, -0.05) is 13.3 Å². The Kier molecular flexibility index (Phi) is 11.1. The Labute approximate surface area is 172 Å². The predicted molar refractivity (Wildman–Crippen MR) is 118 cm³/mol. The van der Waals surface area contributed by atoms with Crippen LogP contribution in [0.3, 0.4) is 0 Å². The number of guanidine groups is 1. The third-order valence-electron chi connectivity index (χ3n) is 4.59. The van der Waals surface area contributed by atoms with Crippen molar-refractivity contribution in [1.29, 1.82) is 0 Å². The average Bonchev–Trinajstić information content (AvgIpc) is 2.51. The molecular formula is C16H34IN3O3S2. The number of aliphatic imine (C=N–C) groups is 1. The van der Waals surface area contributed by atoms with Gasteiger partial charge in [-0.2, -0.15) is 0 Å². The van der Waals surface area contributed by atoms with Crippen LogP contribution >= 0.6 is 24.0 Å². The summed E-state index contributed by atoms with van der Waals surface area (Å²) in [5.41, 5.74) is 0. The van der Waals surface area contributed by atoms with E-state index in [4.69, 9.17) is 0 Å². The molecule has 0 bridgehead atoms. The van der Waals surface area contributed by atoms with E-state index >= 15 is 0 Å². The Morgan fingerprint density at radius 1 is 1.28 bits per heavy atom. The summed E-state index contributed by atoms with van der Waals surface area (Å²) in [6.07, 6.45) is 5.22. The number of nitrogens with zero attached hydrogens (tertiary/aromatic N) is 1. The van der Waals surface area contributed by atoms with E-state index in [-0.39, 0.29) is 41.8 Å². The van der Waals surface area contributed by atoms with Crippen molar-refractivity contribution in [2.45, 2.75) is 69.4 Å². The minimum Gasteiger partial charge on any atom is -0.357 e. The van der Waals surface area contributed by atoms with Crippen molar-refractivity contribution in [2.75, 3.05) is 25.1 Å². The standard InChI is InChI=1S/C16H33N3O3S2.HI/c1-6-17-15(18-12-16(3,4)24(5,21)22)19-13-9-8-10-14(11-13)23(20)7-2;/h13-14H,6-12H2,1-5H3,(H2,17,18,19);1H. The second kappa shape index (κ2) is 11.1. The molecule has 3 unspecified atom stereocenters. The van der Waals surface area contributed by atoms with Crippen LogP contribution in [0.2, 0.25) is 0 Å². The van der Waals surface area contributed by atoms with Gasteiger partial charge in [-0.05, 0) is 40.0 Å². The van der Waals surface area contributed by atoms with Gasteiger partial charge in [0, 0.05) is 40.6 Å². The molecule has 9 heteroatoms. The lowest BCUT2D eigenvalue weighted by Gasteiger charge is -2.30. The lowest BCUT2D eigenvalue weighted by atomic mass is 9.95. The lowest BCUT2D eigenvalue weighted by molar-refractivity contribution is 0.413. The summed E-state index contributed by atoms with van der Waals surface area (Å²) in [6.45, 7) is 8.24. The largest absolute Gasteiger partial charge is 0.357 e. The predicted octanol–water partition coefficient (Wildman–Crippen LogP) is 2.06. The molecule has 0 heterocycles. The average molecular weight is 508 g/mol. The molecular weight excluding hydrogens is 473 g/mol. The fraction of sp³-hybridized carbons (Fsp3) is 0.938. The molecule has 0 aromatic rings. The van der Waals surface area contributed by atoms with Gasteiger partial charge < -0.3 is 10.6 Å². The zero-order valence-electron chi connectivity index (χ0n) is 16.0. The van der Waals surface area contributed by atoms with E-state index in [2.05, 4.69) is 15.6 Å². The van der Waals surface area contributed by atoms with Crippen LogP contribution in [0.5, 0.6) is 0 Å². The molecule has 0 aliphatic heterocycles. The van der Waals surface area contributed by atoms with Crippen LogP contribution in [-0.4, -0.2) is 59.7 Å². The van der Waals surface area contributed by atoms with Crippen LogP contribution < -0.4 is 10.6 Å². The number of hydrogen-bond donors (Lipinski definition) is 2. The SMILES string of the molecule is CCNC(=NCC(C)(C)S(C)(=O)=O)NC1CCCC(S(=O)CC)C1.I. The number of sulfone groups is 1. The van der Waals surface area contributed by atoms with Crippen molar-refractivity contribution in [1.82, 2.24) is 10.6 Å². The summed E-state index contributed by atoms with van der Waals surface area (Å²) >= 11 is 0. The highest BCUT2D eigenvalue weighted by atomic mass is 127. The molecule has 0 amide bonds. The Balaban J connectivity index is 0.00000576. The summed E-state index contributed by atoms with van der Waals surface area (Å²) < 4.78 is 34.8. The molecule has 0 saturated heterocycles. The Morgan fingerprint density at radius 2 is 1.92 bits per heavy atom. The van der Waals surface area contributed by atoms with Crippen LogP contribution in [0.25, 0.3) is 0 Å². The zero-order valence-corrected chi connectivity index (χ0v) is 20.0. The van der Waals surface area contributed by atoms with E-state index in [0.29, 0.717) is 18.3 Å². The highest BCUT2D eigenvalue weighted by Gasteiger charge is 2.30. The van der Waals surface area contributed by atoms with Gasteiger partial charge in [0.25, 0.3) is 0 Å². The molecule has 1 fully saturated rings.